The summed E-state index contributed by atoms with van der Waals surface area (Å²) in [5, 5.41) is 3.77. The molecular formula is C11H15ClN2O2S. The Labute approximate surface area is 106 Å². The Kier molecular flexibility index (Phi) is 4.04. The average molecular weight is 275 g/mol. The highest BCUT2D eigenvalue weighted by atomic mass is 35.5. The lowest BCUT2D eigenvalue weighted by molar-refractivity contribution is 0.575. The summed E-state index contributed by atoms with van der Waals surface area (Å²) in [4.78, 5) is 0.244. The molecule has 6 heteroatoms. The molecule has 0 unspecified atom stereocenters. The molecule has 0 spiro atoms. The van der Waals surface area contributed by atoms with Gasteiger partial charge in [0.15, 0.2) is 0 Å². The van der Waals surface area contributed by atoms with Crippen LogP contribution in [0, 0.1) is 0 Å². The lowest BCUT2D eigenvalue weighted by Gasteiger charge is -2.07. The molecule has 94 valence electrons. The molecule has 1 saturated carbocycles. The molecule has 0 radical (unpaired) electrons. The monoisotopic (exact) mass is 274 g/mol. The molecule has 0 saturated heterocycles. The minimum Gasteiger partial charge on any atom is -0.313 e. The Bertz CT molecular complexity index is 469. The zero-order valence-electron chi connectivity index (χ0n) is 9.32. The number of hydrogen-bond acceptors (Lipinski definition) is 3. The van der Waals surface area contributed by atoms with Crippen molar-refractivity contribution in [1.29, 1.82) is 0 Å². The van der Waals surface area contributed by atoms with Crippen LogP contribution in [-0.2, 0) is 10.0 Å². The predicted octanol–water partition coefficient (Wildman–Crippen LogP) is 1.37. The van der Waals surface area contributed by atoms with Crippen LogP contribution in [0.5, 0.6) is 0 Å². The first-order valence-electron chi connectivity index (χ1n) is 5.56. The van der Waals surface area contributed by atoms with Crippen LogP contribution in [0.15, 0.2) is 29.2 Å². The van der Waals surface area contributed by atoms with E-state index < -0.39 is 10.0 Å². The smallest absolute Gasteiger partial charge is 0.240 e. The van der Waals surface area contributed by atoms with Crippen molar-refractivity contribution >= 4 is 21.6 Å². The van der Waals surface area contributed by atoms with Gasteiger partial charge >= 0.3 is 0 Å². The zero-order chi connectivity index (χ0) is 12.3. The molecule has 1 aliphatic rings. The maximum absolute atomic E-state index is 11.8. The van der Waals surface area contributed by atoms with Crippen LogP contribution < -0.4 is 10.0 Å². The normalized spacial score (nSPS) is 16.1. The van der Waals surface area contributed by atoms with E-state index in [9.17, 15) is 8.42 Å². The largest absolute Gasteiger partial charge is 0.313 e. The van der Waals surface area contributed by atoms with Crippen LogP contribution in [-0.4, -0.2) is 27.5 Å². The van der Waals surface area contributed by atoms with E-state index in [0.29, 0.717) is 24.2 Å². The van der Waals surface area contributed by atoms with Crippen LogP contribution in [0.3, 0.4) is 0 Å². The fourth-order valence-electron chi connectivity index (χ4n) is 1.45. The van der Waals surface area contributed by atoms with E-state index in [1.807, 2.05) is 0 Å². The van der Waals surface area contributed by atoms with E-state index in [1.54, 1.807) is 12.1 Å². The van der Waals surface area contributed by atoms with Gasteiger partial charge in [-0.3, -0.25) is 0 Å². The van der Waals surface area contributed by atoms with Crippen molar-refractivity contribution < 1.29 is 8.42 Å². The van der Waals surface area contributed by atoms with E-state index in [-0.39, 0.29) is 4.90 Å². The number of halogens is 1. The maximum Gasteiger partial charge on any atom is 0.240 e. The fraction of sp³-hybridized carbons (Fsp3) is 0.455. The molecule has 2 rings (SSSR count). The average Bonchev–Trinajstić information content (AvgIpc) is 3.09. The summed E-state index contributed by atoms with van der Waals surface area (Å²) in [6, 6.07) is 6.73. The third-order valence-electron chi connectivity index (χ3n) is 2.55. The summed E-state index contributed by atoms with van der Waals surface area (Å²) in [5.74, 6) is 0. The van der Waals surface area contributed by atoms with Gasteiger partial charge in [-0.05, 0) is 37.1 Å². The van der Waals surface area contributed by atoms with Crippen molar-refractivity contribution in [2.24, 2.45) is 0 Å². The van der Waals surface area contributed by atoms with Crippen LogP contribution in [0.25, 0.3) is 0 Å². The SMILES string of the molecule is O=S(=O)(NCCNC1CC1)c1ccc(Cl)cc1. The third-order valence-corrected chi connectivity index (χ3v) is 4.28. The molecule has 0 atom stereocenters. The third kappa shape index (κ3) is 3.96. The first-order chi connectivity index (χ1) is 8.08. The topological polar surface area (TPSA) is 58.2 Å². The molecule has 0 heterocycles. The predicted molar refractivity (Wildman–Crippen MR) is 67.7 cm³/mol. The van der Waals surface area contributed by atoms with Crippen molar-refractivity contribution in [2.45, 2.75) is 23.8 Å². The first kappa shape index (κ1) is 12.8. The van der Waals surface area contributed by atoms with Gasteiger partial charge in [0.25, 0.3) is 0 Å². The summed E-state index contributed by atoms with van der Waals surface area (Å²) in [6.45, 7) is 1.07. The molecule has 2 N–H and O–H groups in total. The number of benzene rings is 1. The summed E-state index contributed by atoms with van der Waals surface area (Å²) < 4.78 is 26.2. The Morgan fingerprint density at radius 3 is 2.41 bits per heavy atom. The van der Waals surface area contributed by atoms with Gasteiger partial charge in [0.05, 0.1) is 4.90 Å². The molecule has 17 heavy (non-hydrogen) atoms. The van der Waals surface area contributed by atoms with Gasteiger partial charge in [0.2, 0.25) is 10.0 Å². The Hall–Kier alpha value is -0.620. The molecule has 0 amide bonds. The molecule has 1 aromatic rings. The van der Waals surface area contributed by atoms with E-state index in [0.717, 1.165) is 0 Å². The fourth-order valence-corrected chi connectivity index (χ4v) is 2.60. The molecule has 0 aromatic heterocycles. The number of hydrogen-bond donors (Lipinski definition) is 2. The van der Waals surface area contributed by atoms with Gasteiger partial charge < -0.3 is 5.32 Å². The van der Waals surface area contributed by atoms with Gasteiger partial charge in [-0.15, -0.1) is 0 Å². The highest BCUT2D eigenvalue weighted by molar-refractivity contribution is 7.89. The minimum absolute atomic E-state index is 0.244. The number of nitrogens with one attached hydrogen (secondary N) is 2. The standard InChI is InChI=1S/C11H15ClN2O2S/c12-9-1-5-11(6-2-9)17(15,16)14-8-7-13-10-3-4-10/h1-2,5-6,10,13-14H,3-4,7-8H2. The van der Waals surface area contributed by atoms with Gasteiger partial charge in [-0.2, -0.15) is 0 Å². The first-order valence-corrected chi connectivity index (χ1v) is 7.43. The molecule has 1 aliphatic carbocycles. The maximum atomic E-state index is 11.8. The van der Waals surface area contributed by atoms with Crippen molar-refractivity contribution in [3.63, 3.8) is 0 Å². The second-order valence-corrected chi connectivity index (χ2v) is 6.28. The van der Waals surface area contributed by atoms with Crippen LogP contribution in [0.2, 0.25) is 5.02 Å². The van der Waals surface area contributed by atoms with E-state index in [2.05, 4.69) is 10.0 Å². The summed E-state index contributed by atoms with van der Waals surface area (Å²) >= 11 is 5.71. The van der Waals surface area contributed by atoms with Crippen LogP contribution in [0.1, 0.15) is 12.8 Å². The lowest BCUT2D eigenvalue weighted by Crippen LogP contribution is -2.32. The molecule has 4 nitrogen and oxygen atoms in total. The zero-order valence-corrected chi connectivity index (χ0v) is 10.9. The van der Waals surface area contributed by atoms with Gasteiger partial charge in [-0.1, -0.05) is 11.6 Å². The minimum atomic E-state index is -3.40. The van der Waals surface area contributed by atoms with Gasteiger partial charge in [0, 0.05) is 24.2 Å². The Balaban J connectivity index is 1.86. The molecule has 1 aromatic carbocycles. The second kappa shape index (κ2) is 5.35. The second-order valence-electron chi connectivity index (χ2n) is 4.08. The Morgan fingerprint density at radius 1 is 1.18 bits per heavy atom. The molecule has 0 bridgehead atoms. The van der Waals surface area contributed by atoms with Crippen molar-refractivity contribution in [2.75, 3.05) is 13.1 Å². The summed E-state index contributed by atoms with van der Waals surface area (Å²) in [6.07, 6.45) is 2.40. The van der Waals surface area contributed by atoms with E-state index in [4.69, 9.17) is 11.6 Å². The van der Waals surface area contributed by atoms with Crippen LogP contribution in [0.4, 0.5) is 0 Å². The highest BCUT2D eigenvalue weighted by Gasteiger charge is 2.20. The lowest BCUT2D eigenvalue weighted by atomic mass is 10.4. The quantitative estimate of drug-likeness (QED) is 0.771. The summed E-state index contributed by atoms with van der Waals surface area (Å²) in [5.41, 5.74) is 0. The highest BCUT2D eigenvalue weighted by Crippen LogP contribution is 2.18. The van der Waals surface area contributed by atoms with Crippen LogP contribution >= 0.6 is 11.6 Å². The van der Waals surface area contributed by atoms with E-state index >= 15 is 0 Å². The Morgan fingerprint density at radius 2 is 1.82 bits per heavy atom. The van der Waals surface area contributed by atoms with Crippen molar-refractivity contribution in [3.05, 3.63) is 29.3 Å². The molecule has 0 aliphatic heterocycles. The van der Waals surface area contributed by atoms with E-state index in [1.165, 1.54) is 25.0 Å². The number of rotatable bonds is 6. The summed E-state index contributed by atoms with van der Waals surface area (Å²) in [7, 11) is -3.40. The molecular weight excluding hydrogens is 260 g/mol. The van der Waals surface area contributed by atoms with Gasteiger partial charge in [-0.25, -0.2) is 13.1 Å². The van der Waals surface area contributed by atoms with Crippen molar-refractivity contribution in [1.82, 2.24) is 10.0 Å². The van der Waals surface area contributed by atoms with Gasteiger partial charge in [0.1, 0.15) is 0 Å². The van der Waals surface area contributed by atoms with Crippen molar-refractivity contribution in [3.8, 4) is 0 Å². The molecule has 1 fully saturated rings. The number of sulfonamides is 1.